The SMILES string of the molecule is COC(=O)CC1CN(C(=O)NC2CCCC2)c2ccccc21. The summed E-state index contributed by atoms with van der Waals surface area (Å²) in [6.45, 7) is 0.535. The number of methoxy groups -OCH3 is 1. The topological polar surface area (TPSA) is 58.6 Å². The first-order valence-electron chi connectivity index (χ1n) is 7.93. The van der Waals surface area contributed by atoms with Gasteiger partial charge >= 0.3 is 12.0 Å². The highest BCUT2D eigenvalue weighted by molar-refractivity contribution is 5.95. The molecule has 118 valence electrons. The molecule has 1 saturated carbocycles. The molecule has 1 N–H and O–H groups in total. The predicted molar refractivity (Wildman–Crippen MR) is 83.9 cm³/mol. The van der Waals surface area contributed by atoms with Crippen LogP contribution in [0.4, 0.5) is 10.5 Å². The number of ether oxygens (including phenoxy) is 1. The molecular weight excluding hydrogens is 280 g/mol. The number of rotatable bonds is 3. The van der Waals surface area contributed by atoms with Gasteiger partial charge in [-0.1, -0.05) is 31.0 Å². The van der Waals surface area contributed by atoms with Gasteiger partial charge in [0.25, 0.3) is 0 Å². The number of fused-ring (bicyclic) bond motifs is 1. The van der Waals surface area contributed by atoms with E-state index in [1.165, 1.54) is 20.0 Å². The van der Waals surface area contributed by atoms with Crippen LogP contribution in [0.1, 0.15) is 43.6 Å². The van der Waals surface area contributed by atoms with Crippen LogP contribution in [0.2, 0.25) is 0 Å². The van der Waals surface area contributed by atoms with Gasteiger partial charge in [-0.05, 0) is 24.5 Å². The van der Waals surface area contributed by atoms with Crippen molar-refractivity contribution in [1.29, 1.82) is 0 Å². The Labute approximate surface area is 130 Å². The van der Waals surface area contributed by atoms with Crippen LogP contribution < -0.4 is 10.2 Å². The maximum atomic E-state index is 12.6. The van der Waals surface area contributed by atoms with Crippen molar-refractivity contribution in [3.05, 3.63) is 29.8 Å². The molecule has 0 spiro atoms. The number of urea groups is 1. The maximum Gasteiger partial charge on any atom is 0.322 e. The smallest absolute Gasteiger partial charge is 0.322 e. The van der Waals surface area contributed by atoms with E-state index in [0.29, 0.717) is 19.0 Å². The van der Waals surface area contributed by atoms with Gasteiger partial charge < -0.3 is 10.1 Å². The molecule has 5 heteroatoms. The van der Waals surface area contributed by atoms with Gasteiger partial charge in [0.05, 0.1) is 13.5 Å². The number of nitrogens with zero attached hydrogens (tertiary/aromatic N) is 1. The van der Waals surface area contributed by atoms with E-state index in [1.807, 2.05) is 24.3 Å². The standard InChI is InChI=1S/C17H22N2O3/c1-22-16(20)10-12-11-19(15-9-5-4-8-14(12)15)17(21)18-13-6-2-3-7-13/h4-5,8-9,12-13H,2-3,6-7,10-11H2,1H3,(H,18,21). The lowest BCUT2D eigenvalue weighted by molar-refractivity contribution is -0.141. The molecule has 1 heterocycles. The number of amides is 2. The van der Waals surface area contributed by atoms with E-state index < -0.39 is 0 Å². The first-order chi connectivity index (χ1) is 10.7. The van der Waals surface area contributed by atoms with E-state index in [-0.39, 0.29) is 17.9 Å². The molecule has 2 amide bonds. The maximum absolute atomic E-state index is 12.6. The fourth-order valence-corrected chi connectivity index (χ4v) is 3.47. The van der Waals surface area contributed by atoms with Crippen LogP contribution in [0.3, 0.4) is 0 Å². The van der Waals surface area contributed by atoms with Crippen molar-refractivity contribution in [1.82, 2.24) is 5.32 Å². The Balaban J connectivity index is 1.75. The summed E-state index contributed by atoms with van der Waals surface area (Å²) in [6, 6.07) is 8.05. The molecule has 0 aromatic heterocycles. The van der Waals surface area contributed by atoms with Crippen LogP contribution in [0.5, 0.6) is 0 Å². The van der Waals surface area contributed by atoms with E-state index in [1.54, 1.807) is 4.90 Å². The van der Waals surface area contributed by atoms with Crippen LogP contribution >= 0.6 is 0 Å². The Bertz CT molecular complexity index is 567. The predicted octanol–water partition coefficient (Wildman–Crippen LogP) is 2.81. The van der Waals surface area contributed by atoms with Crippen LogP contribution in [0.15, 0.2) is 24.3 Å². The van der Waals surface area contributed by atoms with Crippen molar-refractivity contribution in [2.24, 2.45) is 0 Å². The third-order valence-electron chi connectivity index (χ3n) is 4.64. The van der Waals surface area contributed by atoms with Crippen molar-refractivity contribution in [2.75, 3.05) is 18.6 Å². The molecule has 1 aliphatic carbocycles. The number of nitrogens with one attached hydrogen (secondary N) is 1. The Morgan fingerprint density at radius 3 is 2.73 bits per heavy atom. The monoisotopic (exact) mass is 302 g/mol. The second-order valence-electron chi connectivity index (χ2n) is 6.08. The van der Waals surface area contributed by atoms with Crippen LogP contribution in [0, 0.1) is 0 Å². The lowest BCUT2D eigenvalue weighted by Gasteiger charge is -2.21. The number of esters is 1. The lowest BCUT2D eigenvalue weighted by atomic mass is 9.98. The number of para-hydroxylation sites is 1. The van der Waals surface area contributed by atoms with Crippen LogP contribution in [-0.4, -0.2) is 31.7 Å². The zero-order valence-electron chi connectivity index (χ0n) is 12.9. The highest BCUT2D eigenvalue weighted by Crippen LogP contribution is 2.38. The molecule has 5 nitrogen and oxygen atoms in total. The average molecular weight is 302 g/mol. The molecule has 1 atom stereocenters. The van der Waals surface area contributed by atoms with E-state index in [4.69, 9.17) is 4.74 Å². The summed E-state index contributed by atoms with van der Waals surface area (Å²) in [6.07, 6.45) is 4.80. The van der Waals surface area contributed by atoms with Crippen molar-refractivity contribution in [2.45, 2.75) is 44.1 Å². The van der Waals surface area contributed by atoms with Gasteiger partial charge in [0.1, 0.15) is 0 Å². The molecule has 0 saturated heterocycles. The number of hydrogen-bond donors (Lipinski definition) is 1. The number of carbonyl (C=O) groups is 2. The number of anilines is 1. The van der Waals surface area contributed by atoms with Gasteiger partial charge in [0.15, 0.2) is 0 Å². The van der Waals surface area contributed by atoms with Gasteiger partial charge in [0, 0.05) is 24.2 Å². The van der Waals surface area contributed by atoms with Gasteiger partial charge in [-0.3, -0.25) is 9.69 Å². The molecular formula is C17H22N2O3. The van der Waals surface area contributed by atoms with Gasteiger partial charge in [-0.15, -0.1) is 0 Å². The molecule has 3 rings (SSSR count). The third-order valence-corrected chi connectivity index (χ3v) is 4.64. The Hall–Kier alpha value is -2.04. The largest absolute Gasteiger partial charge is 0.469 e. The minimum absolute atomic E-state index is 0.0120. The van der Waals surface area contributed by atoms with Crippen molar-refractivity contribution in [3.63, 3.8) is 0 Å². The highest BCUT2D eigenvalue weighted by Gasteiger charge is 2.34. The minimum atomic E-state index is -0.238. The zero-order valence-corrected chi connectivity index (χ0v) is 12.9. The van der Waals surface area contributed by atoms with Gasteiger partial charge in [-0.2, -0.15) is 0 Å². The summed E-state index contributed by atoms with van der Waals surface area (Å²) < 4.78 is 4.77. The molecule has 0 radical (unpaired) electrons. The number of carbonyl (C=O) groups excluding carboxylic acids is 2. The molecule has 1 fully saturated rings. The zero-order chi connectivity index (χ0) is 15.5. The van der Waals surface area contributed by atoms with Crippen molar-refractivity contribution >= 4 is 17.7 Å². The lowest BCUT2D eigenvalue weighted by Crippen LogP contribution is -2.43. The average Bonchev–Trinajstić information content (AvgIpc) is 3.15. The molecule has 0 bridgehead atoms. The van der Waals surface area contributed by atoms with E-state index in [2.05, 4.69) is 5.32 Å². The minimum Gasteiger partial charge on any atom is -0.469 e. The number of benzene rings is 1. The Kier molecular flexibility index (Phi) is 4.32. The Morgan fingerprint density at radius 2 is 2.00 bits per heavy atom. The quantitative estimate of drug-likeness (QED) is 0.873. The summed E-state index contributed by atoms with van der Waals surface area (Å²) in [5.74, 6) is -0.226. The second-order valence-corrected chi connectivity index (χ2v) is 6.08. The molecule has 1 aromatic carbocycles. The summed E-state index contributed by atoms with van der Waals surface area (Å²) in [5.41, 5.74) is 1.96. The molecule has 1 aliphatic heterocycles. The normalized spacial score (nSPS) is 20.8. The van der Waals surface area contributed by atoms with Crippen LogP contribution in [0.25, 0.3) is 0 Å². The summed E-state index contributed by atoms with van der Waals surface area (Å²) in [7, 11) is 1.40. The number of hydrogen-bond acceptors (Lipinski definition) is 3. The highest BCUT2D eigenvalue weighted by atomic mass is 16.5. The van der Waals surface area contributed by atoms with E-state index in [9.17, 15) is 9.59 Å². The fraction of sp³-hybridized carbons (Fsp3) is 0.529. The van der Waals surface area contributed by atoms with E-state index in [0.717, 1.165) is 24.1 Å². The van der Waals surface area contributed by atoms with Gasteiger partial charge in [-0.25, -0.2) is 4.79 Å². The van der Waals surface area contributed by atoms with Gasteiger partial charge in [0.2, 0.25) is 0 Å². The van der Waals surface area contributed by atoms with Crippen molar-refractivity contribution in [3.8, 4) is 0 Å². The fourth-order valence-electron chi connectivity index (χ4n) is 3.47. The first-order valence-corrected chi connectivity index (χ1v) is 7.93. The van der Waals surface area contributed by atoms with E-state index >= 15 is 0 Å². The first kappa shape index (κ1) is 14.9. The summed E-state index contributed by atoms with van der Waals surface area (Å²) in [5, 5.41) is 3.12. The molecule has 22 heavy (non-hydrogen) atoms. The third kappa shape index (κ3) is 2.93. The summed E-state index contributed by atoms with van der Waals surface area (Å²) in [4.78, 5) is 25.9. The summed E-state index contributed by atoms with van der Waals surface area (Å²) >= 11 is 0. The molecule has 1 unspecified atom stereocenters. The van der Waals surface area contributed by atoms with Crippen LogP contribution in [-0.2, 0) is 9.53 Å². The van der Waals surface area contributed by atoms with Crippen molar-refractivity contribution < 1.29 is 14.3 Å². The Morgan fingerprint density at radius 1 is 1.27 bits per heavy atom. The molecule has 2 aliphatic rings. The second kappa shape index (κ2) is 6.38. The molecule has 1 aromatic rings.